The number of carboxylic acids is 1. The van der Waals surface area contributed by atoms with Crippen molar-refractivity contribution < 1.29 is 14.6 Å². The van der Waals surface area contributed by atoms with Gasteiger partial charge in [0.05, 0.1) is 11.7 Å². The monoisotopic (exact) mass is 189 g/mol. The van der Waals surface area contributed by atoms with Crippen LogP contribution in [0.2, 0.25) is 0 Å². The van der Waals surface area contributed by atoms with Crippen LogP contribution in [-0.4, -0.2) is 28.8 Å². The predicted octanol–water partition coefficient (Wildman–Crippen LogP) is 0.992. The Morgan fingerprint density at radius 2 is 2.00 bits per heavy atom. The SMILES string of the molecule is CC(C)OC(C)(C)C[C@H](N)C(=O)O. The molecule has 0 aromatic carbocycles. The fraction of sp³-hybridized carbons (Fsp3) is 0.889. The fourth-order valence-electron chi connectivity index (χ4n) is 1.30. The molecule has 0 bridgehead atoms. The van der Waals surface area contributed by atoms with Crippen molar-refractivity contribution >= 4 is 5.97 Å². The first kappa shape index (κ1) is 12.4. The van der Waals surface area contributed by atoms with Gasteiger partial charge in [-0.2, -0.15) is 0 Å². The van der Waals surface area contributed by atoms with Gasteiger partial charge in [-0.25, -0.2) is 0 Å². The number of carboxylic acid groups (broad SMARTS) is 1. The number of aliphatic carboxylic acids is 1. The molecular formula is C9H19NO3. The molecule has 0 saturated heterocycles. The molecule has 0 aliphatic heterocycles. The number of hydrogen-bond donors (Lipinski definition) is 2. The van der Waals surface area contributed by atoms with Crippen molar-refractivity contribution in [2.24, 2.45) is 5.73 Å². The highest BCUT2D eigenvalue weighted by molar-refractivity contribution is 5.73. The van der Waals surface area contributed by atoms with Gasteiger partial charge in [0.2, 0.25) is 0 Å². The lowest BCUT2D eigenvalue weighted by Gasteiger charge is -2.29. The Morgan fingerprint density at radius 3 is 2.31 bits per heavy atom. The first-order valence-electron chi connectivity index (χ1n) is 4.41. The minimum absolute atomic E-state index is 0.0796. The molecule has 0 aromatic rings. The summed E-state index contributed by atoms with van der Waals surface area (Å²) < 4.78 is 5.52. The van der Waals surface area contributed by atoms with E-state index in [0.717, 1.165) is 0 Å². The molecule has 0 heterocycles. The lowest BCUT2D eigenvalue weighted by Crippen LogP contribution is -2.40. The van der Waals surface area contributed by atoms with E-state index in [1.807, 2.05) is 27.7 Å². The second-order valence-corrected chi connectivity index (χ2v) is 4.08. The van der Waals surface area contributed by atoms with E-state index in [2.05, 4.69) is 0 Å². The average Bonchev–Trinajstić information content (AvgIpc) is 1.81. The number of carbonyl (C=O) groups is 1. The summed E-state index contributed by atoms with van der Waals surface area (Å²) in [5, 5.41) is 8.60. The van der Waals surface area contributed by atoms with Gasteiger partial charge in [-0.3, -0.25) is 4.79 Å². The smallest absolute Gasteiger partial charge is 0.320 e. The highest BCUT2D eigenvalue weighted by Gasteiger charge is 2.26. The zero-order valence-electron chi connectivity index (χ0n) is 8.70. The highest BCUT2D eigenvalue weighted by atomic mass is 16.5. The summed E-state index contributed by atoms with van der Waals surface area (Å²) in [7, 11) is 0. The number of rotatable bonds is 5. The molecule has 0 aromatic heterocycles. The van der Waals surface area contributed by atoms with Crippen LogP contribution in [0.4, 0.5) is 0 Å². The Labute approximate surface area is 79.1 Å². The molecule has 4 heteroatoms. The first-order valence-corrected chi connectivity index (χ1v) is 4.41. The normalized spacial score (nSPS) is 14.6. The summed E-state index contributed by atoms with van der Waals surface area (Å²) in [5.41, 5.74) is 4.92. The van der Waals surface area contributed by atoms with Gasteiger partial charge < -0.3 is 15.6 Å². The molecule has 4 nitrogen and oxygen atoms in total. The molecule has 0 rings (SSSR count). The van der Waals surface area contributed by atoms with Crippen LogP contribution in [0, 0.1) is 0 Å². The van der Waals surface area contributed by atoms with Crippen molar-refractivity contribution in [1.29, 1.82) is 0 Å². The molecule has 0 saturated carbocycles. The van der Waals surface area contributed by atoms with Gasteiger partial charge in [-0.1, -0.05) is 0 Å². The van der Waals surface area contributed by atoms with E-state index in [-0.39, 0.29) is 6.10 Å². The Kier molecular flexibility index (Phi) is 4.36. The van der Waals surface area contributed by atoms with E-state index in [1.54, 1.807) is 0 Å². The van der Waals surface area contributed by atoms with E-state index in [4.69, 9.17) is 15.6 Å². The highest BCUT2D eigenvalue weighted by Crippen LogP contribution is 2.18. The van der Waals surface area contributed by atoms with Crippen LogP contribution >= 0.6 is 0 Å². The molecule has 0 aliphatic rings. The topological polar surface area (TPSA) is 72.5 Å². The zero-order valence-corrected chi connectivity index (χ0v) is 8.70. The minimum atomic E-state index is -0.986. The van der Waals surface area contributed by atoms with Gasteiger partial charge in [0.15, 0.2) is 0 Å². The third-order valence-corrected chi connectivity index (χ3v) is 1.58. The summed E-state index contributed by atoms with van der Waals surface area (Å²) in [4.78, 5) is 10.5. The second-order valence-electron chi connectivity index (χ2n) is 4.08. The summed E-state index contributed by atoms with van der Waals surface area (Å²) in [6.45, 7) is 7.51. The quantitative estimate of drug-likeness (QED) is 0.676. The van der Waals surface area contributed by atoms with Crippen molar-refractivity contribution in [1.82, 2.24) is 0 Å². The molecule has 1 atom stereocenters. The predicted molar refractivity (Wildman–Crippen MR) is 50.5 cm³/mol. The largest absolute Gasteiger partial charge is 0.480 e. The molecule has 0 amide bonds. The molecule has 0 fully saturated rings. The number of hydrogen-bond acceptors (Lipinski definition) is 3. The van der Waals surface area contributed by atoms with Crippen LogP contribution in [-0.2, 0) is 9.53 Å². The number of ether oxygens (including phenoxy) is 1. The standard InChI is InChI=1S/C9H19NO3/c1-6(2)13-9(3,4)5-7(10)8(11)12/h6-7H,5,10H2,1-4H3,(H,11,12)/t7-/m0/s1. The maximum atomic E-state index is 10.5. The van der Waals surface area contributed by atoms with Crippen LogP contribution in [0.1, 0.15) is 34.1 Å². The van der Waals surface area contributed by atoms with E-state index in [0.29, 0.717) is 6.42 Å². The van der Waals surface area contributed by atoms with Crippen molar-refractivity contribution in [3.63, 3.8) is 0 Å². The van der Waals surface area contributed by atoms with Gasteiger partial charge in [-0.15, -0.1) is 0 Å². The van der Waals surface area contributed by atoms with Crippen molar-refractivity contribution in [3.05, 3.63) is 0 Å². The molecule has 0 spiro atoms. The van der Waals surface area contributed by atoms with E-state index in [1.165, 1.54) is 0 Å². The fourth-order valence-corrected chi connectivity index (χ4v) is 1.30. The Hall–Kier alpha value is -0.610. The third-order valence-electron chi connectivity index (χ3n) is 1.58. The van der Waals surface area contributed by atoms with Crippen LogP contribution in [0.25, 0.3) is 0 Å². The average molecular weight is 189 g/mol. The first-order chi connectivity index (χ1) is 5.74. The number of nitrogens with two attached hydrogens (primary N) is 1. The lowest BCUT2D eigenvalue weighted by molar-refractivity contribution is -0.141. The van der Waals surface area contributed by atoms with Gasteiger partial charge in [0.25, 0.3) is 0 Å². The summed E-state index contributed by atoms with van der Waals surface area (Å²) in [6, 6.07) is -0.853. The minimum Gasteiger partial charge on any atom is -0.480 e. The maximum absolute atomic E-state index is 10.5. The molecule has 0 unspecified atom stereocenters. The van der Waals surface area contributed by atoms with E-state index >= 15 is 0 Å². The van der Waals surface area contributed by atoms with Crippen LogP contribution in [0.15, 0.2) is 0 Å². The second kappa shape index (κ2) is 4.58. The molecule has 78 valence electrons. The molecular weight excluding hydrogens is 170 g/mol. The molecule has 0 aliphatic carbocycles. The zero-order chi connectivity index (χ0) is 10.6. The van der Waals surface area contributed by atoms with Crippen LogP contribution in [0.5, 0.6) is 0 Å². The molecule has 0 radical (unpaired) electrons. The Morgan fingerprint density at radius 1 is 1.54 bits per heavy atom. The Balaban J connectivity index is 4.08. The van der Waals surface area contributed by atoms with Gasteiger partial charge in [-0.05, 0) is 27.7 Å². The summed E-state index contributed by atoms with van der Waals surface area (Å²) in [6.07, 6.45) is 0.400. The van der Waals surface area contributed by atoms with Gasteiger partial charge in [0.1, 0.15) is 6.04 Å². The van der Waals surface area contributed by atoms with Crippen LogP contribution in [0.3, 0.4) is 0 Å². The van der Waals surface area contributed by atoms with Gasteiger partial charge in [0, 0.05) is 6.42 Å². The van der Waals surface area contributed by atoms with E-state index < -0.39 is 17.6 Å². The van der Waals surface area contributed by atoms with Crippen molar-refractivity contribution in [2.75, 3.05) is 0 Å². The van der Waals surface area contributed by atoms with Crippen LogP contribution < -0.4 is 5.73 Å². The van der Waals surface area contributed by atoms with E-state index in [9.17, 15) is 4.79 Å². The van der Waals surface area contributed by atoms with Crippen molar-refractivity contribution in [3.8, 4) is 0 Å². The van der Waals surface area contributed by atoms with Gasteiger partial charge >= 0.3 is 5.97 Å². The molecule has 13 heavy (non-hydrogen) atoms. The third kappa shape index (κ3) is 5.60. The Bertz CT molecular complexity index is 178. The molecule has 3 N–H and O–H groups in total. The lowest BCUT2D eigenvalue weighted by atomic mass is 9.99. The summed E-state index contributed by atoms with van der Waals surface area (Å²) >= 11 is 0. The summed E-state index contributed by atoms with van der Waals surface area (Å²) in [5.74, 6) is -0.986. The van der Waals surface area contributed by atoms with Crippen molar-refractivity contribution in [2.45, 2.75) is 51.9 Å². The maximum Gasteiger partial charge on any atom is 0.320 e.